The molecule has 6 atom stereocenters. The highest BCUT2D eigenvalue weighted by Crippen LogP contribution is 2.48. The Morgan fingerprint density at radius 2 is 2.11 bits per heavy atom. The first-order valence-electron chi connectivity index (χ1n) is 8.15. The lowest BCUT2D eigenvalue weighted by Crippen LogP contribution is -2.62. The van der Waals surface area contributed by atoms with Crippen molar-refractivity contribution in [3.05, 3.63) is 0 Å². The van der Waals surface area contributed by atoms with Gasteiger partial charge < -0.3 is 10.1 Å². The first kappa shape index (κ1) is 12.2. The van der Waals surface area contributed by atoms with Crippen molar-refractivity contribution >= 4 is 5.97 Å². The fourth-order valence-corrected chi connectivity index (χ4v) is 4.92. The summed E-state index contributed by atoms with van der Waals surface area (Å²) in [4.78, 5) is 12.5. The number of piperidine rings is 2. The largest absolute Gasteiger partial charge is 0.462 e. The van der Waals surface area contributed by atoms with Gasteiger partial charge >= 0.3 is 5.97 Å². The maximum absolute atomic E-state index is 12.5. The molecule has 0 radical (unpaired) electrons. The molecule has 4 bridgehead atoms. The van der Waals surface area contributed by atoms with Gasteiger partial charge in [0.2, 0.25) is 0 Å². The van der Waals surface area contributed by atoms with Crippen molar-refractivity contribution in [3.8, 4) is 0 Å². The molecule has 1 N–H and O–H groups in total. The molecule has 3 saturated carbocycles. The number of nitrogens with one attached hydrogen (secondary N) is 1. The van der Waals surface area contributed by atoms with E-state index in [-0.39, 0.29) is 18.0 Å². The second kappa shape index (κ2) is 4.47. The Kier molecular flexibility index (Phi) is 2.87. The van der Waals surface area contributed by atoms with Gasteiger partial charge in [-0.15, -0.1) is 0 Å². The molecule has 3 nitrogen and oxygen atoms in total. The molecule has 5 aliphatic rings. The molecule has 2 aliphatic heterocycles. The summed E-state index contributed by atoms with van der Waals surface area (Å²) in [5, 5.41) is 3.67. The monoisotopic (exact) mass is 263 g/mol. The first-order chi connectivity index (χ1) is 9.19. The highest BCUT2D eigenvalue weighted by Gasteiger charge is 2.51. The predicted octanol–water partition coefficient (Wildman–Crippen LogP) is 2.49. The summed E-state index contributed by atoms with van der Waals surface area (Å²) in [5.41, 5.74) is 0. The first-order valence-corrected chi connectivity index (χ1v) is 8.15. The van der Waals surface area contributed by atoms with Crippen LogP contribution in [-0.2, 0) is 9.53 Å². The van der Waals surface area contributed by atoms with Crippen LogP contribution in [0.2, 0.25) is 0 Å². The zero-order valence-electron chi connectivity index (χ0n) is 11.8. The van der Waals surface area contributed by atoms with Crippen LogP contribution in [0.15, 0.2) is 0 Å². The van der Waals surface area contributed by atoms with Gasteiger partial charge in [0, 0.05) is 12.1 Å². The third-order valence-electron chi connectivity index (χ3n) is 5.77. The Bertz CT molecular complexity index is 349. The summed E-state index contributed by atoms with van der Waals surface area (Å²) in [6, 6.07) is 1.10. The maximum Gasteiger partial charge on any atom is 0.311 e. The van der Waals surface area contributed by atoms with Crippen LogP contribution in [0, 0.1) is 23.7 Å². The van der Waals surface area contributed by atoms with Crippen LogP contribution in [0.25, 0.3) is 0 Å². The van der Waals surface area contributed by atoms with Crippen LogP contribution in [0.1, 0.15) is 51.9 Å². The summed E-state index contributed by atoms with van der Waals surface area (Å²) >= 11 is 0. The highest BCUT2D eigenvalue weighted by atomic mass is 16.5. The van der Waals surface area contributed by atoms with Crippen molar-refractivity contribution in [2.75, 3.05) is 0 Å². The van der Waals surface area contributed by atoms with E-state index in [0.29, 0.717) is 18.0 Å². The molecule has 0 aromatic heterocycles. The van der Waals surface area contributed by atoms with Gasteiger partial charge in [-0.2, -0.15) is 0 Å². The van der Waals surface area contributed by atoms with E-state index >= 15 is 0 Å². The van der Waals surface area contributed by atoms with Crippen molar-refractivity contribution in [2.45, 2.75) is 70.1 Å². The van der Waals surface area contributed by atoms with E-state index in [2.05, 4.69) is 12.2 Å². The van der Waals surface area contributed by atoms with Crippen LogP contribution in [-0.4, -0.2) is 24.2 Å². The Balaban J connectivity index is 1.39. The van der Waals surface area contributed by atoms with Gasteiger partial charge in [0.05, 0.1) is 12.0 Å². The minimum absolute atomic E-state index is 0.0921. The SMILES string of the molecule is CC(CC1CC1)OC(=O)C1C2CC3CC(C2)NC1C3. The average Bonchev–Trinajstić information content (AvgIpc) is 3.10. The van der Waals surface area contributed by atoms with Gasteiger partial charge in [-0.05, 0) is 56.8 Å². The molecule has 3 aliphatic carbocycles. The molecule has 5 fully saturated rings. The molecule has 0 aromatic carbocycles. The zero-order chi connectivity index (χ0) is 13.0. The Labute approximate surface area is 115 Å². The van der Waals surface area contributed by atoms with Crippen molar-refractivity contribution < 1.29 is 9.53 Å². The molecular formula is C16H25NO2. The van der Waals surface area contributed by atoms with Gasteiger partial charge in [0.1, 0.15) is 0 Å². The second-order valence-electron chi connectivity index (χ2n) is 7.49. The van der Waals surface area contributed by atoms with Gasteiger partial charge in [0.15, 0.2) is 0 Å². The quantitative estimate of drug-likeness (QED) is 0.792. The molecule has 0 aromatic rings. The van der Waals surface area contributed by atoms with E-state index < -0.39 is 0 Å². The third kappa shape index (κ3) is 2.31. The topological polar surface area (TPSA) is 38.3 Å². The molecule has 5 rings (SSSR count). The summed E-state index contributed by atoms with van der Waals surface area (Å²) in [5.74, 6) is 2.55. The molecular weight excluding hydrogens is 238 g/mol. The Hall–Kier alpha value is -0.570. The number of carbonyl (C=O) groups excluding carboxylic acids is 1. The average molecular weight is 263 g/mol. The van der Waals surface area contributed by atoms with Crippen LogP contribution < -0.4 is 5.32 Å². The molecule has 19 heavy (non-hydrogen) atoms. The second-order valence-corrected chi connectivity index (χ2v) is 7.49. The standard InChI is InChI=1S/C16H25NO2/c1-9(4-10-2-3-10)19-16(18)15-12-5-11-6-13(8-12)17-14(15)7-11/h9-15,17H,2-8H2,1H3. The number of esters is 1. The van der Waals surface area contributed by atoms with E-state index in [9.17, 15) is 4.79 Å². The van der Waals surface area contributed by atoms with E-state index in [0.717, 1.165) is 18.3 Å². The lowest BCUT2D eigenvalue weighted by molar-refractivity contribution is -0.163. The minimum atomic E-state index is 0.0921. The van der Waals surface area contributed by atoms with Gasteiger partial charge in [-0.25, -0.2) is 0 Å². The van der Waals surface area contributed by atoms with Crippen LogP contribution >= 0.6 is 0 Å². The molecule has 6 unspecified atom stereocenters. The van der Waals surface area contributed by atoms with Gasteiger partial charge in [0.25, 0.3) is 0 Å². The minimum Gasteiger partial charge on any atom is -0.462 e. The smallest absolute Gasteiger partial charge is 0.311 e. The van der Waals surface area contributed by atoms with Gasteiger partial charge in [-0.3, -0.25) is 4.79 Å². The number of hydrogen-bond acceptors (Lipinski definition) is 3. The summed E-state index contributed by atoms with van der Waals surface area (Å²) < 4.78 is 5.75. The highest BCUT2D eigenvalue weighted by molar-refractivity contribution is 5.74. The molecule has 2 saturated heterocycles. The molecule has 0 amide bonds. The van der Waals surface area contributed by atoms with Crippen LogP contribution in [0.3, 0.4) is 0 Å². The lowest BCUT2D eigenvalue weighted by atomic mass is 9.59. The molecule has 0 spiro atoms. The van der Waals surface area contributed by atoms with Crippen molar-refractivity contribution in [3.63, 3.8) is 0 Å². The number of hydrogen-bond donors (Lipinski definition) is 1. The summed E-state index contributed by atoms with van der Waals surface area (Å²) in [7, 11) is 0. The van der Waals surface area contributed by atoms with E-state index in [1.165, 1.54) is 38.5 Å². The molecule has 2 heterocycles. The summed E-state index contributed by atoms with van der Waals surface area (Å²) in [6.07, 6.45) is 8.87. The fraction of sp³-hybridized carbons (Fsp3) is 0.938. The number of carbonyl (C=O) groups is 1. The Morgan fingerprint density at radius 1 is 1.26 bits per heavy atom. The van der Waals surface area contributed by atoms with Crippen LogP contribution in [0.5, 0.6) is 0 Å². The van der Waals surface area contributed by atoms with Crippen molar-refractivity contribution in [1.82, 2.24) is 5.32 Å². The number of rotatable bonds is 4. The predicted molar refractivity (Wildman–Crippen MR) is 72.5 cm³/mol. The van der Waals surface area contributed by atoms with Crippen molar-refractivity contribution in [1.29, 1.82) is 0 Å². The third-order valence-corrected chi connectivity index (χ3v) is 5.77. The number of ether oxygens (including phenoxy) is 1. The molecule has 3 heteroatoms. The van der Waals surface area contributed by atoms with E-state index in [4.69, 9.17) is 4.74 Å². The zero-order valence-corrected chi connectivity index (χ0v) is 11.8. The van der Waals surface area contributed by atoms with Crippen molar-refractivity contribution in [2.24, 2.45) is 23.7 Å². The Morgan fingerprint density at radius 3 is 2.79 bits per heavy atom. The maximum atomic E-state index is 12.5. The van der Waals surface area contributed by atoms with E-state index in [1.54, 1.807) is 0 Å². The van der Waals surface area contributed by atoms with Crippen LogP contribution in [0.4, 0.5) is 0 Å². The fourth-order valence-electron chi connectivity index (χ4n) is 4.92. The molecule has 106 valence electrons. The lowest BCUT2D eigenvalue weighted by Gasteiger charge is -2.54. The van der Waals surface area contributed by atoms with E-state index in [1.807, 2.05) is 0 Å². The normalized spacial score (nSPS) is 45.2. The summed E-state index contributed by atoms with van der Waals surface area (Å²) in [6.45, 7) is 2.07. The van der Waals surface area contributed by atoms with Gasteiger partial charge in [-0.1, -0.05) is 12.8 Å².